The van der Waals surface area contributed by atoms with Crippen LogP contribution in [0.15, 0.2) is 23.6 Å². The van der Waals surface area contributed by atoms with Gasteiger partial charge in [0.05, 0.1) is 38.3 Å². The Labute approximate surface area is 210 Å². The van der Waals surface area contributed by atoms with Crippen molar-refractivity contribution in [3.63, 3.8) is 0 Å². The number of benzene rings is 1. The second-order valence-electron chi connectivity index (χ2n) is 7.66. The van der Waals surface area contributed by atoms with Crippen LogP contribution in [-0.4, -0.2) is 63.7 Å². The molecule has 2 aromatic rings. The number of carbonyl (C=O) groups excluding carboxylic acids is 1. The molecule has 2 rings (SSSR count). The molecule has 0 bridgehead atoms. The molecule has 1 heterocycles. The predicted molar refractivity (Wildman–Crippen MR) is 135 cm³/mol. The summed E-state index contributed by atoms with van der Waals surface area (Å²) in [6.45, 7) is 8.54. The standard InChI is InChI=1S/C23H35N2O8PS/c1-7-30-34(27,31-8-2)14-19-15-35-23(24-19)25-22(26)18-9-20(32-16(3)12-28-5)11-21(10-18)33-17(4)13-29-6/h9-11,15-17H,7-8,12-14H2,1-6H3,(H,24,25,26)/t16-,17-/m0/s1. The molecule has 1 aromatic carbocycles. The summed E-state index contributed by atoms with van der Waals surface area (Å²) in [5, 5.41) is 4.85. The lowest BCUT2D eigenvalue weighted by Crippen LogP contribution is -2.20. The van der Waals surface area contributed by atoms with Gasteiger partial charge in [-0.3, -0.25) is 14.7 Å². The van der Waals surface area contributed by atoms with Gasteiger partial charge in [-0.2, -0.15) is 0 Å². The van der Waals surface area contributed by atoms with Crippen molar-refractivity contribution in [2.45, 2.75) is 46.1 Å². The zero-order valence-electron chi connectivity index (χ0n) is 21.1. The molecule has 0 radical (unpaired) electrons. The number of amides is 1. The van der Waals surface area contributed by atoms with Crippen molar-refractivity contribution in [3.8, 4) is 11.5 Å². The van der Waals surface area contributed by atoms with Crippen molar-refractivity contribution in [2.24, 2.45) is 0 Å². The molecular weight excluding hydrogens is 495 g/mol. The van der Waals surface area contributed by atoms with Crippen molar-refractivity contribution in [3.05, 3.63) is 34.8 Å². The van der Waals surface area contributed by atoms with Crippen LogP contribution in [0.5, 0.6) is 11.5 Å². The second kappa shape index (κ2) is 14.5. The lowest BCUT2D eigenvalue weighted by molar-refractivity contribution is 0.0868. The zero-order valence-corrected chi connectivity index (χ0v) is 22.8. The molecule has 0 aliphatic rings. The summed E-state index contributed by atoms with van der Waals surface area (Å²) in [6, 6.07) is 4.97. The van der Waals surface area contributed by atoms with Crippen LogP contribution in [-0.2, 0) is 29.2 Å². The average Bonchev–Trinajstić information content (AvgIpc) is 3.20. The molecule has 0 aliphatic carbocycles. The molecule has 10 nitrogen and oxygen atoms in total. The van der Waals surface area contributed by atoms with Gasteiger partial charge in [0.25, 0.3) is 5.91 Å². The summed E-state index contributed by atoms with van der Waals surface area (Å²) in [7, 11) is -0.111. The highest BCUT2D eigenvalue weighted by Crippen LogP contribution is 2.51. The number of methoxy groups -OCH3 is 2. The smallest absolute Gasteiger partial charge is 0.336 e. The highest BCUT2D eigenvalue weighted by molar-refractivity contribution is 7.53. The fraction of sp³-hybridized carbons (Fsp3) is 0.565. The Balaban J connectivity index is 2.19. The van der Waals surface area contributed by atoms with Gasteiger partial charge in [-0.15, -0.1) is 11.3 Å². The predicted octanol–water partition coefficient (Wildman–Crippen LogP) is 4.99. The zero-order chi connectivity index (χ0) is 25.8. The van der Waals surface area contributed by atoms with E-state index in [1.807, 2.05) is 13.8 Å². The summed E-state index contributed by atoms with van der Waals surface area (Å²) in [5.41, 5.74) is 0.844. The molecule has 0 saturated heterocycles. The number of anilines is 1. The SMILES string of the molecule is CCOP(=O)(Cc1csc(NC(=O)c2cc(O[C@@H](C)COC)cc(O[C@@H](C)COC)c2)n1)OCC. The first-order valence-corrected chi connectivity index (χ1v) is 13.9. The quantitative estimate of drug-likeness (QED) is 0.300. The Hall–Kier alpha value is -2.01. The fourth-order valence-corrected chi connectivity index (χ4v) is 5.60. The Morgan fingerprint density at radius 3 is 2.03 bits per heavy atom. The Kier molecular flexibility index (Phi) is 12.1. The summed E-state index contributed by atoms with van der Waals surface area (Å²) >= 11 is 1.22. The maximum atomic E-state index is 13.0. The average molecular weight is 531 g/mol. The molecule has 196 valence electrons. The van der Waals surface area contributed by atoms with E-state index in [1.54, 1.807) is 51.6 Å². The Bertz CT molecular complexity index is 944. The van der Waals surface area contributed by atoms with Gasteiger partial charge in [0.2, 0.25) is 0 Å². The number of nitrogens with one attached hydrogen (secondary N) is 1. The van der Waals surface area contributed by atoms with Crippen LogP contribution in [0.1, 0.15) is 43.7 Å². The first-order valence-electron chi connectivity index (χ1n) is 11.3. The van der Waals surface area contributed by atoms with Crippen LogP contribution in [0.4, 0.5) is 5.13 Å². The fourth-order valence-electron chi connectivity index (χ4n) is 3.17. The van der Waals surface area contributed by atoms with E-state index in [0.29, 0.717) is 41.1 Å². The monoisotopic (exact) mass is 530 g/mol. The van der Waals surface area contributed by atoms with E-state index in [2.05, 4.69) is 10.3 Å². The minimum atomic E-state index is -3.29. The van der Waals surface area contributed by atoms with Crippen molar-refractivity contribution >= 4 is 30.0 Å². The van der Waals surface area contributed by atoms with Gasteiger partial charge >= 0.3 is 7.60 Å². The third kappa shape index (κ3) is 9.87. The highest BCUT2D eigenvalue weighted by atomic mass is 32.1. The lowest BCUT2D eigenvalue weighted by atomic mass is 10.2. The van der Waals surface area contributed by atoms with Crippen LogP contribution < -0.4 is 14.8 Å². The van der Waals surface area contributed by atoms with Crippen molar-refractivity contribution in [2.75, 3.05) is 46.0 Å². The minimum absolute atomic E-state index is 0.0249. The number of ether oxygens (including phenoxy) is 4. The summed E-state index contributed by atoms with van der Waals surface area (Å²) in [4.78, 5) is 17.4. The minimum Gasteiger partial charge on any atom is -0.488 e. The number of aromatic nitrogens is 1. The molecule has 1 aromatic heterocycles. The Morgan fingerprint density at radius 1 is 1.00 bits per heavy atom. The normalized spacial score (nSPS) is 13.3. The van der Waals surface area contributed by atoms with Crippen LogP contribution in [0.25, 0.3) is 0 Å². The maximum Gasteiger partial charge on any atom is 0.336 e. The number of nitrogens with zero attached hydrogens (tertiary/aromatic N) is 1. The van der Waals surface area contributed by atoms with E-state index >= 15 is 0 Å². The molecule has 35 heavy (non-hydrogen) atoms. The third-order valence-electron chi connectivity index (χ3n) is 4.40. The molecule has 1 amide bonds. The first kappa shape index (κ1) is 29.2. The molecule has 0 saturated carbocycles. The van der Waals surface area contributed by atoms with E-state index in [-0.39, 0.29) is 31.6 Å². The van der Waals surface area contributed by atoms with E-state index in [4.69, 9.17) is 28.0 Å². The maximum absolute atomic E-state index is 13.0. The summed E-state index contributed by atoms with van der Waals surface area (Å²) < 4.78 is 45.5. The first-order chi connectivity index (χ1) is 16.7. The molecule has 0 aliphatic heterocycles. The molecule has 2 atom stereocenters. The molecule has 1 N–H and O–H groups in total. The van der Waals surface area contributed by atoms with Crippen molar-refractivity contribution in [1.82, 2.24) is 4.98 Å². The second-order valence-corrected chi connectivity index (χ2v) is 10.6. The summed E-state index contributed by atoms with van der Waals surface area (Å²) in [6.07, 6.45) is -0.428. The van der Waals surface area contributed by atoms with E-state index in [9.17, 15) is 9.36 Å². The van der Waals surface area contributed by atoms with Gasteiger partial charge < -0.3 is 28.0 Å². The van der Waals surface area contributed by atoms with Gasteiger partial charge in [0, 0.05) is 31.2 Å². The highest BCUT2D eigenvalue weighted by Gasteiger charge is 2.26. The number of hydrogen-bond acceptors (Lipinski definition) is 10. The Morgan fingerprint density at radius 2 is 1.54 bits per heavy atom. The van der Waals surface area contributed by atoms with Gasteiger partial charge in [-0.05, 0) is 39.8 Å². The number of carbonyl (C=O) groups is 1. The number of thiazole rings is 1. The molecule has 0 unspecified atom stereocenters. The van der Waals surface area contributed by atoms with Gasteiger partial charge in [-0.1, -0.05) is 0 Å². The largest absolute Gasteiger partial charge is 0.488 e. The van der Waals surface area contributed by atoms with Crippen LogP contribution in [0, 0.1) is 0 Å². The number of rotatable bonds is 16. The van der Waals surface area contributed by atoms with Crippen LogP contribution >= 0.6 is 18.9 Å². The van der Waals surface area contributed by atoms with Gasteiger partial charge in [0.1, 0.15) is 23.7 Å². The molecular formula is C23H35N2O8PS. The van der Waals surface area contributed by atoms with Crippen molar-refractivity contribution in [1.29, 1.82) is 0 Å². The van der Waals surface area contributed by atoms with E-state index in [1.165, 1.54) is 11.3 Å². The topological polar surface area (TPSA) is 114 Å². The van der Waals surface area contributed by atoms with Gasteiger partial charge in [0.15, 0.2) is 5.13 Å². The van der Waals surface area contributed by atoms with Gasteiger partial charge in [-0.25, -0.2) is 4.98 Å². The molecule has 12 heteroatoms. The van der Waals surface area contributed by atoms with E-state index < -0.39 is 13.5 Å². The third-order valence-corrected chi connectivity index (χ3v) is 7.22. The summed E-state index contributed by atoms with van der Waals surface area (Å²) in [5.74, 6) is 0.546. The van der Waals surface area contributed by atoms with Crippen molar-refractivity contribution < 1.29 is 37.4 Å². The molecule has 0 fully saturated rings. The lowest BCUT2D eigenvalue weighted by Gasteiger charge is -2.18. The van der Waals surface area contributed by atoms with Crippen LogP contribution in [0.3, 0.4) is 0 Å². The number of hydrogen-bond donors (Lipinski definition) is 1. The van der Waals surface area contributed by atoms with E-state index in [0.717, 1.165) is 0 Å². The van der Waals surface area contributed by atoms with Crippen LogP contribution in [0.2, 0.25) is 0 Å². The molecule has 0 spiro atoms.